The maximum Gasteiger partial charge on any atom is 0.300 e. The zero-order valence-corrected chi connectivity index (χ0v) is 19.4. The van der Waals surface area contributed by atoms with Crippen LogP contribution in [0.4, 0.5) is 5.69 Å². The zero-order chi connectivity index (χ0) is 22.3. The molecule has 0 aromatic heterocycles. The van der Waals surface area contributed by atoms with Crippen LogP contribution in [-0.4, -0.2) is 16.8 Å². The number of anilines is 1. The molecule has 1 atom stereocenters. The summed E-state index contributed by atoms with van der Waals surface area (Å²) < 4.78 is 0.829. The Balaban J connectivity index is 1.96. The first kappa shape index (κ1) is 21.6. The van der Waals surface area contributed by atoms with Gasteiger partial charge < -0.3 is 5.11 Å². The van der Waals surface area contributed by atoms with Crippen molar-refractivity contribution in [3.8, 4) is 0 Å². The van der Waals surface area contributed by atoms with Crippen LogP contribution in [-0.2, 0) is 9.59 Å². The molecule has 31 heavy (non-hydrogen) atoms. The summed E-state index contributed by atoms with van der Waals surface area (Å²) in [6.45, 7) is 1.92. The largest absolute Gasteiger partial charge is 0.507 e. The second-order valence-electron chi connectivity index (χ2n) is 7.19. The molecular weight excluding hydrogens is 501 g/mol. The summed E-state index contributed by atoms with van der Waals surface area (Å²) in [7, 11) is 0. The minimum atomic E-state index is -0.819. The van der Waals surface area contributed by atoms with Gasteiger partial charge in [0.2, 0.25) is 0 Å². The molecule has 0 aliphatic carbocycles. The third kappa shape index (κ3) is 4.01. The Kier molecular flexibility index (Phi) is 5.93. The van der Waals surface area contributed by atoms with E-state index in [4.69, 9.17) is 23.2 Å². The number of rotatable bonds is 3. The van der Waals surface area contributed by atoms with Gasteiger partial charge in [0.15, 0.2) is 0 Å². The van der Waals surface area contributed by atoms with Gasteiger partial charge in [-0.15, -0.1) is 0 Å². The first-order valence-electron chi connectivity index (χ1n) is 9.36. The lowest BCUT2D eigenvalue weighted by Gasteiger charge is -2.26. The molecular formula is C24H16BrCl2NO3. The Morgan fingerprint density at radius 1 is 0.968 bits per heavy atom. The molecule has 1 heterocycles. The van der Waals surface area contributed by atoms with E-state index >= 15 is 0 Å². The number of ketones is 1. The van der Waals surface area contributed by atoms with E-state index in [1.165, 1.54) is 11.0 Å². The van der Waals surface area contributed by atoms with Gasteiger partial charge in [0.25, 0.3) is 11.7 Å². The van der Waals surface area contributed by atoms with Gasteiger partial charge in [0.1, 0.15) is 5.76 Å². The number of amides is 1. The van der Waals surface area contributed by atoms with Gasteiger partial charge in [-0.2, -0.15) is 0 Å². The summed E-state index contributed by atoms with van der Waals surface area (Å²) in [5.41, 5.74) is 2.53. The molecule has 3 aromatic carbocycles. The van der Waals surface area contributed by atoms with Crippen molar-refractivity contribution in [2.75, 3.05) is 4.90 Å². The monoisotopic (exact) mass is 515 g/mol. The van der Waals surface area contributed by atoms with Crippen molar-refractivity contribution in [3.63, 3.8) is 0 Å². The normalized spacial score (nSPS) is 17.9. The van der Waals surface area contributed by atoms with E-state index in [0.717, 1.165) is 10.0 Å². The second-order valence-corrected chi connectivity index (χ2v) is 8.92. The van der Waals surface area contributed by atoms with E-state index in [2.05, 4.69) is 15.9 Å². The lowest BCUT2D eigenvalue weighted by molar-refractivity contribution is -0.132. The summed E-state index contributed by atoms with van der Waals surface area (Å²) in [6, 6.07) is 18.3. The van der Waals surface area contributed by atoms with Gasteiger partial charge in [-0.3, -0.25) is 14.5 Å². The van der Waals surface area contributed by atoms with Crippen molar-refractivity contribution >= 4 is 62.3 Å². The zero-order valence-electron chi connectivity index (χ0n) is 16.3. The van der Waals surface area contributed by atoms with Crippen molar-refractivity contribution in [3.05, 3.63) is 104 Å². The minimum Gasteiger partial charge on any atom is -0.507 e. The van der Waals surface area contributed by atoms with Crippen LogP contribution >= 0.6 is 39.1 Å². The highest BCUT2D eigenvalue weighted by Gasteiger charge is 2.47. The van der Waals surface area contributed by atoms with Crippen molar-refractivity contribution in [1.82, 2.24) is 0 Å². The number of Topliss-reactive ketones (excluding diaryl/α,β-unsaturated/α-hetero) is 1. The third-order valence-electron chi connectivity index (χ3n) is 5.10. The molecule has 0 radical (unpaired) electrons. The van der Waals surface area contributed by atoms with E-state index in [1.54, 1.807) is 36.4 Å². The summed E-state index contributed by atoms with van der Waals surface area (Å²) in [5.74, 6) is -1.75. The minimum absolute atomic E-state index is 0.0176. The summed E-state index contributed by atoms with van der Waals surface area (Å²) >= 11 is 15.6. The van der Waals surface area contributed by atoms with Gasteiger partial charge in [0, 0.05) is 15.7 Å². The summed E-state index contributed by atoms with van der Waals surface area (Å²) in [6.07, 6.45) is 0. The number of nitrogens with zero attached hydrogens (tertiary/aromatic N) is 1. The average molecular weight is 517 g/mol. The molecule has 0 spiro atoms. The van der Waals surface area contributed by atoms with E-state index < -0.39 is 17.7 Å². The van der Waals surface area contributed by atoms with Crippen LogP contribution in [0.15, 0.2) is 76.8 Å². The molecule has 1 N–H and O–H groups in total. The van der Waals surface area contributed by atoms with Gasteiger partial charge in [-0.25, -0.2) is 0 Å². The quantitative estimate of drug-likeness (QED) is 0.239. The number of carbonyl (C=O) groups excluding carboxylic acids is 2. The SMILES string of the molecule is Cc1cccc(C2/C(=C(\O)c3ccc(Br)cc3)C(=O)C(=O)N2c2ccc(Cl)c(Cl)c2)c1. The number of hydrogen-bond donors (Lipinski definition) is 1. The maximum absolute atomic E-state index is 13.1. The lowest BCUT2D eigenvalue weighted by Crippen LogP contribution is -2.29. The van der Waals surface area contributed by atoms with Gasteiger partial charge in [-0.1, -0.05) is 81.1 Å². The molecule has 3 aromatic rings. The molecule has 1 amide bonds. The fraction of sp³-hybridized carbons (Fsp3) is 0.0833. The number of halogens is 3. The number of benzene rings is 3. The van der Waals surface area contributed by atoms with Crippen molar-refractivity contribution < 1.29 is 14.7 Å². The molecule has 0 saturated carbocycles. The molecule has 4 rings (SSSR count). The summed E-state index contributed by atoms with van der Waals surface area (Å²) in [4.78, 5) is 27.6. The molecule has 156 valence electrons. The predicted molar refractivity (Wildman–Crippen MR) is 127 cm³/mol. The molecule has 1 saturated heterocycles. The first-order chi connectivity index (χ1) is 14.8. The highest BCUT2D eigenvalue weighted by atomic mass is 79.9. The number of aliphatic hydroxyl groups is 1. The highest BCUT2D eigenvalue weighted by molar-refractivity contribution is 9.10. The molecule has 7 heteroatoms. The number of aliphatic hydroxyl groups excluding tert-OH is 1. The predicted octanol–water partition coefficient (Wildman–Crippen LogP) is 6.69. The Morgan fingerprint density at radius 3 is 2.32 bits per heavy atom. The smallest absolute Gasteiger partial charge is 0.300 e. The Labute approximate surface area is 197 Å². The van der Waals surface area contributed by atoms with Crippen LogP contribution in [0.25, 0.3) is 5.76 Å². The van der Waals surface area contributed by atoms with Crippen LogP contribution in [0.3, 0.4) is 0 Å². The Morgan fingerprint density at radius 2 is 1.68 bits per heavy atom. The Hall–Kier alpha value is -2.60. The fourth-order valence-electron chi connectivity index (χ4n) is 3.65. The number of aryl methyl sites for hydroxylation is 1. The van der Waals surface area contributed by atoms with Crippen LogP contribution in [0.2, 0.25) is 10.0 Å². The van der Waals surface area contributed by atoms with Crippen molar-refractivity contribution in [1.29, 1.82) is 0 Å². The average Bonchev–Trinajstić information content (AvgIpc) is 3.01. The van der Waals surface area contributed by atoms with E-state index in [1.807, 2.05) is 31.2 Å². The molecule has 1 aliphatic rings. The van der Waals surface area contributed by atoms with Crippen LogP contribution in [0.5, 0.6) is 0 Å². The van der Waals surface area contributed by atoms with Gasteiger partial charge >= 0.3 is 0 Å². The van der Waals surface area contributed by atoms with Crippen LogP contribution in [0, 0.1) is 6.92 Å². The van der Waals surface area contributed by atoms with E-state index in [-0.39, 0.29) is 16.4 Å². The van der Waals surface area contributed by atoms with Crippen molar-refractivity contribution in [2.45, 2.75) is 13.0 Å². The standard InChI is InChI=1S/C24H16BrCl2NO3/c1-13-3-2-4-15(11-13)21-20(22(29)14-5-7-16(25)8-6-14)23(30)24(31)28(21)17-9-10-18(26)19(27)12-17/h2-12,21,29H,1H3/b22-20+. The second kappa shape index (κ2) is 8.50. The molecule has 1 aliphatic heterocycles. The topological polar surface area (TPSA) is 57.6 Å². The fourth-order valence-corrected chi connectivity index (χ4v) is 4.21. The highest BCUT2D eigenvalue weighted by Crippen LogP contribution is 2.43. The Bertz CT molecular complexity index is 1240. The van der Waals surface area contributed by atoms with Crippen molar-refractivity contribution in [2.24, 2.45) is 0 Å². The van der Waals surface area contributed by atoms with Crippen LogP contribution in [0.1, 0.15) is 22.7 Å². The third-order valence-corrected chi connectivity index (χ3v) is 6.37. The molecule has 1 fully saturated rings. The van der Waals surface area contributed by atoms with E-state index in [0.29, 0.717) is 21.8 Å². The van der Waals surface area contributed by atoms with Crippen LogP contribution < -0.4 is 4.90 Å². The van der Waals surface area contributed by atoms with Gasteiger partial charge in [-0.05, 0) is 42.8 Å². The van der Waals surface area contributed by atoms with Gasteiger partial charge in [0.05, 0.1) is 21.7 Å². The summed E-state index contributed by atoms with van der Waals surface area (Å²) in [5, 5.41) is 11.7. The maximum atomic E-state index is 13.1. The molecule has 1 unspecified atom stereocenters. The molecule has 0 bridgehead atoms. The molecule has 4 nitrogen and oxygen atoms in total. The first-order valence-corrected chi connectivity index (χ1v) is 10.9. The van der Waals surface area contributed by atoms with E-state index in [9.17, 15) is 14.7 Å². The number of carbonyl (C=O) groups is 2. The number of hydrogen-bond acceptors (Lipinski definition) is 3. The lowest BCUT2D eigenvalue weighted by atomic mass is 9.94.